The molecule has 3 unspecified atom stereocenters. The first kappa shape index (κ1) is 23.5. The predicted molar refractivity (Wildman–Crippen MR) is 124 cm³/mol. The van der Waals surface area contributed by atoms with E-state index in [0.29, 0.717) is 11.3 Å². The van der Waals surface area contributed by atoms with E-state index in [1.807, 2.05) is 25.1 Å². The van der Waals surface area contributed by atoms with Gasteiger partial charge in [-0.2, -0.15) is 0 Å². The molecular weight excluding hydrogens is 356 g/mol. The largest absolute Gasteiger partial charge is 0.465 e. The molecule has 0 heterocycles. The third kappa shape index (κ3) is 7.85. The van der Waals surface area contributed by atoms with Crippen LogP contribution >= 0.6 is 0 Å². The van der Waals surface area contributed by atoms with Crippen LogP contribution in [0, 0.1) is 11.3 Å². The van der Waals surface area contributed by atoms with Crippen LogP contribution in [0.1, 0.15) is 72.3 Å². The van der Waals surface area contributed by atoms with Crippen LogP contribution in [0.25, 0.3) is 0 Å². The Labute approximate surface area is 178 Å². The van der Waals surface area contributed by atoms with Crippen molar-refractivity contribution in [3.63, 3.8) is 0 Å². The molecule has 2 nitrogen and oxygen atoms in total. The number of hydrogen-bond donors (Lipinski definition) is 0. The molecule has 0 aliphatic heterocycles. The summed E-state index contributed by atoms with van der Waals surface area (Å²) in [6.07, 6.45) is 10.2. The number of ether oxygens (including phenoxy) is 2. The van der Waals surface area contributed by atoms with Gasteiger partial charge in [-0.15, -0.1) is 0 Å². The van der Waals surface area contributed by atoms with Crippen molar-refractivity contribution in [2.45, 2.75) is 85.5 Å². The Morgan fingerprint density at radius 1 is 1.17 bits per heavy atom. The molecule has 2 heteroatoms. The summed E-state index contributed by atoms with van der Waals surface area (Å²) in [4.78, 5) is 0. The molecule has 1 aliphatic carbocycles. The molecule has 0 saturated carbocycles. The summed E-state index contributed by atoms with van der Waals surface area (Å²) < 4.78 is 12.5. The van der Waals surface area contributed by atoms with Crippen LogP contribution in [0.4, 0.5) is 0 Å². The van der Waals surface area contributed by atoms with E-state index in [9.17, 15) is 0 Å². The minimum Gasteiger partial charge on any atom is -0.465 e. The lowest BCUT2D eigenvalue weighted by Gasteiger charge is -2.24. The minimum absolute atomic E-state index is 0.00965. The van der Waals surface area contributed by atoms with Gasteiger partial charge in [0.15, 0.2) is 6.29 Å². The van der Waals surface area contributed by atoms with Crippen molar-refractivity contribution in [3.05, 3.63) is 66.3 Å². The van der Waals surface area contributed by atoms with Crippen molar-refractivity contribution >= 4 is 0 Å². The van der Waals surface area contributed by atoms with E-state index >= 15 is 0 Å². The number of allylic oxidation sites excluding steroid dienone is 2. The first-order valence-corrected chi connectivity index (χ1v) is 11.1. The standard InChI is InChI=1S/C27H40O2/c1-8-23-18-20(3)15-16-26(25(23)9-2)29-21(4)28-24-14-10-12-22(19-24)13-11-17-27(5,6)7/h8-10,12,14,19-21,26H,1-2,11,13,15-18H2,3-7H3. The normalized spacial score (nSPS) is 21.4. The average molecular weight is 397 g/mol. The van der Waals surface area contributed by atoms with E-state index in [1.165, 1.54) is 24.0 Å². The van der Waals surface area contributed by atoms with Crippen LogP contribution in [0.3, 0.4) is 0 Å². The maximum Gasteiger partial charge on any atom is 0.197 e. The quantitative estimate of drug-likeness (QED) is 0.399. The molecule has 29 heavy (non-hydrogen) atoms. The number of benzene rings is 1. The van der Waals surface area contributed by atoms with Crippen LogP contribution in [-0.2, 0) is 11.2 Å². The van der Waals surface area contributed by atoms with Gasteiger partial charge < -0.3 is 9.47 Å². The topological polar surface area (TPSA) is 18.5 Å². The lowest BCUT2D eigenvalue weighted by molar-refractivity contribution is -0.0967. The van der Waals surface area contributed by atoms with Gasteiger partial charge in [0.05, 0.1) is 6.10 Å². The number of aryl methyl sites for hydroxylation is 1. The summed E-state index contributed by atoms with van der Waals surface area (Å²) in [5, 5.41) is 0. The van der Waals surface area contributed by atoms with Gasteiger partial charge >= 0.3 is 0 Å². The van der Waals surface area contributed by atoms with Gasteiger partial charge in [-0.3, -0.25) is 0 Å². The lowest BCUT2D eigenvalue weighted by Crippen LogP contribution is -2.26. The molecule has 160 valence electrons. The van der Waals surface area contributed by atoms with Crippen molar-refractivity contribution in [2.75, 3.05) is 0 Å². The van der Waals surface area contributed by atoms with Crippen molar-refractivity contribution in [1.82, 2.24) is 0 Å². The predicted octanol–water partition coefficient (Wildman–Crippen LogP) is 7.65. The highest BCUT2D eigenvalue weighted by molar-refractivity contribution is 5.35. The molecule has 0 radical (unpaired) electrons. The maximum atomic E-state index is 6.33. The lowest BCUT2D eigenvalue weighted by atomic mass is 9.89. The van der Waals surface area contributed by atoms with E-state index in [1.54, 1.807) is 0 Å². The van der Waals surface area contributed by atoms with Gasteiger partial charge in [0, 0.05) is 0 Å². The highest BCUT2D eigenvalue weighted by Crippen LogP contribution is 2.32. The van der Waals surface area contributed by atoms with Crippen LogP contribution < -0.4 is 4.74 Å². The number of hydrogen-bond acceptors (Lipinski definition) is 2. The smallest absolute Gasteiger partial charge is 0.197 e. The average Bonchev–Trinajstić information content (AvgIpc) is 2.79. The molecule has 0 aromatic heterocycles. The fourth-order valence-electron chi connectivity index (χ4n) is 4.05. The SMILES string of the molecule is C=CC1=C(C=C)C(OC(C)Oc2cccc(CCCC(C)(C)C)c2)CCC(C)C1. The highest BCUT2D eigenvalue weighted by atomic mass is 16.7. The molecule has 1 aromatic carbocycles. The molecule has 0 spiro atoms. The zero-order valence-electron chi connectivity index (χ0n) is 19.2. The summed E-state index contributed by atoms with van der Waals surface area (Å²) in [5.74, 6) is 1.51. The third-order valence-corrected chi connectivity index (χ3v) is 5.62. The van der Waals surface area contributed by atoms with Crippen LogP contribution in [0.2, 0.25) is 0 Å². The summed E-state index contributed by atoms with van der Waals surface area (Å²) in [7, 11) is 0. The van der Waals surface area contributed by atoms with E-state index in [4.69, 9.17) is 9.47 Å². The second kappa shape index (κ2) is 10.8. The molecule has 0 amide bonds. The Morgan fingerprint density at radius 2 is 1.93 bits per heavy atom. The first-order chi connectivity index (χ1) is 13.7. The van der Waals surface area contributed by atoms with Crippen LogP contribution in [0.15, 0.2) is 60.7 Å². The maximum absolute atomic E-state index is 6.33. The monoisotopic (exact) mass is 396 g/mol. The summed E-state index contributed by atoms with van der Waals surface area (Å²) in [5.41, 5.74) is 4.12. The Kier molecular flexibility index (Phi) is 8.77. The first-order valence-electron chi connectivity index (χ1n) is 11.1. The van der Waals surface area contributed by atoms with Gasteiger partial charge in [-0.05, 0) is 85.6 Å². The molecule has 1 aromatic rings. The molecule has 0 bridgehead atoms. The van der Waals surface area contributed by atoms with E-state index in [0.717, 1.165) is 37.0 Å². The summed E-state index contributed by atoms with van der Waals surface area (Å²) in [6, 6.07) is 8.42. The highest BCUT2D eigenvalue weighted by Gasteiger charge is 2.24. The second-order valence-corrected chi connectivity index (χ2v) is 9.65. The van der Waals surface area contributed by atoms with Gasteiger partial charge in [-0.1, -0.05) is 65.1 Å². The Hall–Kier alpha value is -1.80. The molecule has 0 saturated heterocycles. The molecule has 1 aliphatic rings. The molecule has 3 atom stereocenters. The zero-order valence-corrected chi connectivity index (χ0v) is 19.2. The molecule has 2 rings (SSSR count). The van der Waals surface area contributed by atoms with E-state index in [-0.39, 0.29) is 12.4 Å². The van der Waals surface area contributed by atoms with Gasteiger partial charge in [-0.25, -0.2) is 0 Å². The fraction of sp³-hybridized carbons (Fsp3) is 0.556. The molecular formula is C27H40O2. The molecule has 0 N–H and O–H groups in total. The fourth-order valence-corrected chi connectivity index (χ4v) is 4.05. The third-order valence-electron chi connectivity index (χ3n) is 5.62. The minimum atomic E-state index is -0.320. The Balaban J connectivity index is 1.99. The Morgan fingerprint density at radius 3 is 2.59 bits per heavy atom. The van der Waals surface area contributed by atoms with Gasteiger partial charge in [0.1, 0.15) is 5.75 Å². The molecule has 0 fully saturated rings. The summed E-state index contributed by atoms with van der Waals surface area (Å²) >= 11 is 0. The van der Waals surface area contributed by atoms with Crippen LogP contribution in [-0.4, -0.2) is 12.4 Å². The van der Waals surface area contributed by atoms with E-state index in [2.05, 4.69) is 59.1 Å². The van der Waals surface area contributed by atoms with E-state index < -0.39 is 0 Å². The van der Waals surface area contributed by atoms with Gasteiger partial charge in [0.25, 0.3) is 0 Å². The second-order valence-electron chi connectivity index (χ2n) is 9.65. The van der Waals surface area contributed by atoms with Crippen molar-refractivity contribution in [2.24, 2.45) is 11.3 Å². The Bertz CT molecular complexity index is 707. The van der Waals surface area contributed by atoms with Gasteiger partial charge in [0.2, 0.25) is 0 Å². The van der Waals surface area contributed by atoms with Crippen molar-refractivity contribution in [1.29, 1.82) is 0 Å². The summed E-state index contributed by atoms with van der Waals surface area (Å²) in [6.45, 7) is 19.2. The van der Waals surface area contributed by atoms with Crippen molar-refractivity contribution < 1.29 is 9.47 Å². The zero-order chi connectivity index (χ0) is 21.4. The van der Waals surface area contributed by atoms with Crippen molar-refractivity contribution in [3.8, 4) is 5.75 Å². The number of rotatable bonds is 9. The van der Waals surface area contributed by atoms with Crippen LogP contribution in [0.5, 0.6) is 5.75 Å².